The molecule has 3 rings (SSSR count). The van der Waals surface area contributed by atoms with Crippen LogP contribution in [0.5, 0.6) is 0 Å². The highest BCUT2D eigenvalue weighted by molar-refractivity contribution is 9.10. The molecule has 0 bridgehead atoms. The highest BCUT2D eigenvalue weighted by atomic mass is 79.9. The van der Waals surface area contributed by atoms with Crippen LogP contribution in [0.15, 0.2) is 53.0 Å². The van der Waals surface area contributed by atoms with Crippen LogP contribution < -0.4 is 5.32 Å². The fraction of sp³-hybridized carbons (Fsp3) is 0.200. The summed E-state index contributed by atoms with van der Waals surface area (Å²) < 4.78 is 2.82. The zero-order valence-corrected chi connectivity index (χ0v) is 16.1. The second-order valence-corrected chi connectivity index (χ2v) is 7.08. The van der Waals surface area contributed by atoms with Gasteiger partial charge in [-0.3, -0.25) is 9.48 Å². The SMILES string of the molecule is Cc1ccc(NC(=O)c2cccc(Cn3nc(C)cc3C)c2)c(Br)c1. The number of nitrogens with zero attached hydrogens (tertiary/aromatic N) is 2. The molecule has 2 aromatic carbocycles. The van der Waals surface area contributed by atoms with Gasteiger partial charge in [-0.2, -0.15) is 5.10 Å². The van der Waals surface area contributed by atoms with Crippen LogP contribution in [0.3, 0.4) is 0 Å². The quantitative estimate of drug-likeness (QED) is 0.682. The lowest BCUT2D eigenvalue weighted by Gasteiger charge is -2.10. The van der Waals surface area contributed by atoms with Gasteiger partial charge in [0.05, 0.1) is 17.9 Å². The smallest absolute Gasteiger partial charge is 0.255 e. The Morgan fingerprint density at radius 2 is 1.92 bits per heavy atom. The van der Waals surface area contributed by atoms with E-state index in [4.69, 9.17) is 0 Å². The zero-order chi connectivity index (χ0) is 18.0. The second-order valence-electron chi connectivity index (χ2n) is 6.22. The fourth-order valence-corrected chi connectivity index (χ4v) is 3.33. The Kier molecular flexibility index (Phi) is 5.04. The van der Waals surface area contributed by atoms with E-state index in [1.165, 1.54) is 0 Å². The normalized spacial score (nSPS) is 10.7. The molecule has 3 aromatic rings. The van der Waals surface area contributed by atoms with Crippen LogP contribution in [0.4, 0.5) is 5.69 Å². The Bertz CT molecular complexity index is 930. The lowest BCUT2D eigenvalue weighted by atomic mass is 10.1. The number of benzene rings is 2. The van der Waals surface area contributed by atoms with E-state index in [2.05, 4.69) is 26.3 Å². The molecule has 1 heterocycles. The first kappa shape index (κ1) is 17.4. The summed E-state index contributed by atoms with van der Waals surface area (Å²) >= 11 is 3.49. The number of aromatic nitrogens is 2. The Labute approximate surface area is 156 Å². The zero-order valence-electron chi connectivity index (χ0n) is 14.5. The molecule has 5 heteroatoms. The van der Waals surface area contributed by atoms with Crippen LogP contribution in [-0.4, -0.2) is 15.7 Å². The average Bonchev–Trinajstić information content (AvgIpc) is 2.87. The van der Waals surface area contributed by atoms with Gasteiger partial charge in [-0.05, 0) is 78.2 Å². The van der Waals surface area contributed by atoms with E-state index in [-0.39, 0.29) is 5.91 Å². The topological polar surface area (TPSA) is 46.9 Å². The first-order valence-electron chi connectivity index (χ1n) is 8.10. The number of anilines is 1. The molecule has 4 nitrogen and oxygen atoms in total. The fourth-order valence-electron chi connectivity index (χ4n) is 2.73. The number of aryl methyl sites for hydroxylation is 3. The molecule has 0 aliphatic carbocycles. The van der Waals surface area contributed by atoms with Gasteiger partial charge in [-0.1, -0.05) is 18.2 Å². The van der Waals surface area contributed by atoms with Crippen molar-refractivity contribution in [3.63, 3.8) is 0 Å². The van der Waals surface area contributed by atoms with Crippen molar-refractivity contribution in [2.75, 3.05) is 5.32 Å². The molecule has 25 heavy (non-hydrogen) atoms. The van der Waals surface area contributed by atoms with Gasteiger partial charge in [0.1, 0.15) is 0 Å². The predicted octanol–water partition coefficient (Wildman–Crippen LogP) is 4.87. The lowest BCUT2D eigenvalue weighted by molar-refractivity contribution is 0.102. The van der Waals surface area contributed by atoms with Crippen molar-refractivity contribution in [1.29, 1.82) is 0 Å². The lowest BCUT2D eigenvalue weighted by Crippen LogP contribution is -2.13. The third kappa shape index (κ3) is 4.17. The number of carbonyl (C=O) groups is 1. The van der Waals surface area contributed by atoms with Crippen LogP contribution in [0.25, 0.3) is 0 Å². The summed E-state index contributed by atoms with van der Waals surface area (Å²) in [6, 6.07) is 15.5. The van der Waals surface area contributed by atoms with Crippen LogP contribution in [-0.2, 0) is 6.54 Å². The van der Waals surface area contributed by atoms with Gasteiger partial charge < -0.3 is 5.32 Å². The molecule has 1 N–H and O–H groups in total. The van der Waals surface area contributed by atoms with E-state index in [0.717, 1.165) is 32.7 Å². The molecule has 0 spiro atoms. The van der Waals surface area contributed by atoms with E-state index in [1.54, 1.807) is 0 Å². The summed E-state index contributed by atoms with van der Waals surface area (Å²) in [5.41, 5.74) is 5.68. The molecule has 0 unspecified atom stereocenters. The molecule has 0 saturated carbocycles. The minimum atomic E-state index is -0.125. The van der Waals surface area contributed by atoms with Crippen molar-refractivity contribution in [2.45, 2.75) is 27.3 Å². The maximum atomic E-state index is 12.6. The largest absolute Gasteiger partial charge is 0.321 e. The van der Waals surface area contributed by atoms with Gasteiger partial charge in [0.2, 0.25) is 0 Å². The van der Waals surface area contributed by atoms with Crippen molar-refractivity contribution in [3.05, 3.63) is 81.1 Å². The van der Waals surface area contributed by atoms with E-state index < -0.39 is 0 Å². The Hall–Kier alpha value is -2.40. The molecule has 0 fully saturated rings. The number of rotatable bonds is 4. The van der Waals surface area contributed by atoms with Crippen molar-refractivity contribution in [1.82, 2.24) is 9.78 Å². The maximum Gasteiger partial charge on any atom is 0.255 e. The minimum absolute atomic E-state index is 0.125. The van der Waals surface area contributed by atoms with Gasteiger partial charge in [0.25, 0.3) is 5.91 Å². The number of amides is 1. The van der Waals surface area contributed by atoms with Crippen LogP contribution in [0, 0.1) is 20.8 Å². The van der Waals surface area contributed by atoms with E-state index >= 15 is 0 Å². The molecule has 0 atom stereocenters. The number of hydrogen-bond acceptors (Lipinski definition) is 2. The maximum absolute atomic E-state index is 12.6. The minimum Gasteiger partial charge on any atom is -0.321 e. The first-order valence-corrected chi connectivity index (χ1v) is 8.89. The van der Waals surface area contributed by atoms with Gasteiger partial charge in [-0.25, -0.2) is 0 Å². The number of halogens is 1. The first-order chi connectivity index (χ1) is 11.9. The summed E-state index contributed by atoms with van der Waals surface area (Å²) in [5.74, 6) is -0.125. The molecular weight excluding hydrogens is 378 g/mol. The second kappa shape index (κ2) is 7.23. The Balaban J connectivity index is 1.78. The van der Waals surface area contributed by atoms with Crippen molar-refractivity contribution in [2.24, 2.45) is 0 Å². The monoisotopic (exact) mass is 397 g/mol. The van der Waals surface area contributed by atoms with Gasteiger partial charge in [-0.15, -0.1) is 0 Å². The third-order valence-electron chi connectivity index (χ3n) is 4.00. The predicted molar refractivity (Wildman–Crippen MR) is 104 cm³/mol. The van der Waals surface area contributed by atoms with Crippen LogP contribution in [0.1, 0.15) is 32.9 Å². The van der Waals surface area contributed by atoms with E-state index in [1.807, 2.05) is 74.0 Å². The summed E-state index contributed by atoms with van der Waals surface area (Å²) in [7, 11) is 0. The van der Waals surface area contributed by atoms with E-state index in [9.17, 15) is 4.79 Å². The Morgan fingerprint density at radius 3 is 2.60 bits per heavy atom. The summed E-state index contributed by atoms with van der Waals surface area (Å²) in [6.07, 6.45) is 0. The standard InChI is InChI=1S/C20H20BrN3O/c1-13-7-8-19(18(21)9-13)22-20(25)17-6-4-5-16(11-17)12-24-15(3)10-14(2)23-24/h4-11H,12H2,1-3H3,(H,22,25). The van der Waals surface area contributed by atoms with Crippen molar-refractivity contribution in [3.8, 4) is 0 Å². The van der Waals surface area contributed by atoms with Crippen molar-refractivity contribution >= 4 is 27.5 Å². The number of hydrogen-bond donors (Lipinski definition) is 1. The summed E-state index contributed by atoms with van der Waals surface area (Å²) in [5, 5.41) is 7.43. The van der Waals surface area contributed by atoms with Gasteiger partial charge in [0, 0.05) is 15.7 Å². The average molecular weight is 398 g/mol. The molecule has 0 aliphatic rings. The summed E-state index contributed by atoms with van der Waals surface area (Å²) in [4.78, 5) is 12.6. The molecule has 0 saturated heterocycles. The molecule has 1 aromatic heterocycles. The van der Waals surface area contributed by atoms with E-state index in [0.29, 0.717) is 12.1 Å². The van der Waals surface area contributed by atoms with Crippen LogP contribution >= 0.6 is 15.9 Å². The molecule has 0 radical (unpaired) electrons. The van der Waals surface area contributed by atoms with Gasteiger partial charge in [0.15, 0.2) is 0 Å². The number of nitrogens with one attached hydrogen (secondary N) is 1. The summed E-state index contributed by atoms with van der Waals surface area (Å²) in [6.45, 7) is 6.67. The molecule has 0 aliphatic heterocycles. The molecule has 1 amide bonds. The highest BCUT2D eigenvalue weighted by Crippen LogP contribution is 2.24. The number of carbonyl (C=O) groups excluding carboxylic acids is 1. The molecular formula is C20H20BrN3O. The van der Waals surface area contributed by atoms with Crippen molar-refractivity contribution < 1.29 is 4.79 Å². The van der Waals surface area contributed by atoms with Gasteiger partial charge >= 0.3 is 0 Å². The highest BCUT2D eigenvalue weighted by Gasteiger charge is 2.10. The third-order valence-corrected chi connectivity index (χ3v) is 4.65. The molecule has 128 valence electrons. The Morgan fingerprint density at radius 1 is 1.12 bits per heavy atom. The van der Waals surface area contributed by atoms with Crippen LogP contribution in [0.2, 0.25) is 0 Å².